The second-order valence-electron chi connectivity index (χ2n) is 9.80. The van der Waals surface area contributed by atoms with E-state index in [1.165, 1.54) is 29.6 Å². The predicted molar refractivity (Wildman–Crippen MR) is 147 cm³/mol. The molecule has 0 aliphatic heterocycles. The normalized spacial score (nSPS) is 11.2. The molecule has 2 N–H and O–H groups in total. The van der Waals surface area contributed by atoms with Crippen LogP contribution in [0, 0.1) is 0 Å². The lowest BCUT2D eigenvalue weighted by Gasteiger charge is -2.26. The fraction of sp³-hybridized carbons (Fsp3) is 0.586. The Balaban J connectivity index is 3.66. The largest absolute Gasteiger partial charge is 0.507 e. The lowest BCUT2D eigenvalue weighted by molar-refractivity contribution is 0.130. The van der Waals surface area contributed by atoms with E-state index < -0.39 is 12.2 Å². The van der Waals surface area contributed by atoms with Crippen molar-refractivity contribution in [1.82, 2.24) is 9.80 Å². The number of methoxy groups -OCH3 is 2. The average Bonchev–Trinajstić information content (AvgIpc) is 2.86. The summed E-state index contributed by atoms with van der Waals surface area (Å²) in [4.78, 5) is 27.2. The van der Waals surface area contributed by atoms with Gasteiger partial charge in [-0.25, -0.2) is 9.59 Å². The van der Waals surface area contributed by atoms with Crippen LogP contribution in [-0.2, 0) is 35.4 Å². The maximum absolute atomic E-state index is 12.2. The van der Waals surface area contributed by atoms with E-state index in [-0.39, 0.29) is 24.6 Å². The highest BCUT2D eigenvalue weighted by Crippen LogP contribution is 2.41. The van der Waals surface area contributed by atoms with Crippen molar-refractivity contribution in [3.05, 3.63) is 45.6 Å². The van der Waals surface area contributed by atoms with Crippen LogP contribution >= 0.6 is 0 Å². The number of benzene rings is 1. The molecule has 0 aliphatic rings. The van der Waals surface area contributed by atoms with Gasteiger partial charge in [0.2, 0.25) is 0 Å². The number of carbonyl (C=O) groups excluding carboxylic acids is 2. The highest BCUT2D eigenvalue weighted by Gasteiger charge is 2.26. The van der Waals surface area contributed by atoms with Crippen LogP contribution in [0.4, 0.5) is 9.59 Å². The molecule has 2 amide bonds. The van der Waals surface area contributed by atoms with Crippen LogP contribution in [0.5, 0.6) is 11.5 Å². The van der Waals surface area contributed by atoms with Crippen LogP contribution in [-0.4, -0.2) is 60.5 Å². The number of aromatic hydroxyl groups is 2. The quantitative estimate of drug-likeness (QED) is 0.230. The molecule has 1 aromatic carbocycles. The number of allylic oxidation sites excluding steroid dienone is 4. The van der Waals surface area contributed by atoms with Crippen molar-refractivity contribution in [2.75, 3.05) is 28.3 Å². The topological polar surface area (TPSA) is 99.5 Å². The van der Waals surface area contributed by atoms with Crippen molar-refractivity contribution in [2.24, 2.45) is 0 Å². The predicted octanol–water partition coefficient (Wildman–Crippen LogP) is 6.46. The van der Waals surface area contributed by atoms with Crippen LogP contribution in [0.2, 0.25) is 0 Å². The third kappa shape index (κ3) is 9.67. The zero-order valence-electron chi connectivity index (χ0n) is 23.9. The Labute approximate surface area is 222 Å². The molecule has 8 nitrogen and oxygen atoms in total. The van der Waals surface area contributed by atoms with Crippen LogP contribution in [0.1, 0.15) is 82.1 Å². The van der Waals surface area contributed by atoms with Crippen LogP contribution in [0.25, 0.3) is 0 Å². The van der Waals surface area contributed by atoms with Crippen molar-refractivity contribution >= 4 is 12.2 Å². The minimum absolute atomic E-state index is 0.0300. The van der Waals surface area contributed by atoms with Gasteiger partial charge >= 0.3 is 12.2 Å². The maximum atomic E-state index is 12.2. The molecule has 8 heteroatoms. The van der Waals surface area contributed by atoms with E-state index in [1.54, 1.807) is 14.1 Å². The summed E-state index contributed by atoms with van der Waals surface area (Å²) in [6.45, 7) is 8.47. The van der Waals surface area contributed by atoms with Gasteiger partial charge in [0.25, 0.3) is 0 Å². The van der Waals surface area contributed by atoms with E-state index in [4.69, 9.17) is 9.47 Å². The van der Waals surface area contributed by atoms with E-state index in [1.807, 2.05) is 13.0 Å². The fourth-order valence-corrected chi connectivity index (χ4v) is 4.21. The molecule has 0 spiro atoms. The Morgan fingerprint density at radius 2 is 1.32 bits per heavy atom. The van der Waals surface area contributed by atoms with E-state index in [2.05, 4.69) is 26.8 Å². The van der Waals surface area contributed by atoms with Gasteiger partial charge < -0.3 is 29.5 Å². The van der Waals surface area contributed by atoms with Gasteiger partial charge in [-0.2, -0.15) is 0 Å². The van der Waals surface area contributed by atoms with Crippen LogP contribution in [0.15, 0.2) is 23.3 Å². The molecule has 0 heterocycles. The van der Waals surface area contributed by atoms with Crippen molar-refractivity contribution < 1.29 is 29.3 Å². The number of amides is 2. The van der Waals surface area contributed by atoms with Gasteiger partial charge in [-0.15, -0.1) is 0 Å². The number of carbonyl (C=O) groups is 2. The standard InChI is InChI=1S/C29H46N2O6/c1-9-10-11-15-22-24(18-30(5)28(34)36-7)26(32)23(17-16-21(4)14-12-13-20(2)3)27(33)25(22)19-31(6)29(35)37-8/h13,16,32-33H,9-12,14-15,17-19H2,1-8H3. The van der Waals surface area contributed by atoms with Crippen molar-refractivity contribution in [2.45, 2.75) is 85.7 Å². The molecule has 1 rings (SSSR count). The summed E-state index contributed by atoms with van der Waals surface area (Å²) in [5.41, 5.74) is 4.64. The van der Waals surface area contributed by atoms with Crippen LogP contribution < -0.4 is 0 Å². The second-order valence-corrected chi connectivity index (χ2v) is 9.80. The Kier molecular flexibility index (Phi) is 13.6. The minimum atomic E-state index is -0.531. The summed E-state index contributed by atoms with van der Waals surface area (Å²) in [6.07, 6.45) is 8.62. The monoisotopic (exact) mass is 518 g/mol. The van der Waals surface area contributed by atoms with E-state index in [9.17, 15) is 19.8 Å². The van der Waals surface area contributed by atoms with Gasteiger partial charge in [0.1, 0.15) is 11.5 Å². The molecular formula is C29H46N2O6. The summed E-state index contributed by atoms with van der Waals surface area (Å²) < 4.78 is 9.73. The SMILES string of the molecule is CCCCCc1c(CN(C)C(=O)OC)c(O)c(CC=C(C)CCC=C(C)C)c(O)c1CN(C)C(=O)OC. The number of hydrogen-bond acceptors (Lipinski definition) is 6. The zero-order valence-corrected chi connectivity index (χ0v) is 23.9. The van der Waals surface area contributed by atoms with Gasteiger partial charge in [0, 0.05) is 30.8 Å². The van der Waals surface area contributed by atoms with Gasteiger partial charge in [0.05, 0.1) is 27.3 Å². The van der Waals surface area contributed by atoms with Gasteiger partial charge in [-0.3, -0.25) is 0 Å². The first-order valence-corrected chi connectivity index (χ1v) is 12.9. The summed E-state index contributed by atoms with van der Waals surface area (Å²) in [6, 6.07) is 0. The van der Waals surface area contributed by atoms with Crippen molar-refractivity contribution in [1.29, 1.82) is 0 Å². The molecule has 0 fully saturated rings. The number of unbranched alkanes of at least 4 members (excludes halogenated alkanes) is 2. The molecule has 0 unspecified atom stereocenters. The summed E-state index contributed by atoms with van der Waals surface area (Å²) >= 11 is 0. The first-order valence-electron chi connectivity index (χ1n) is 12.9. The number of rotatable bonds is 13. The molecule has 208 valence electrons. The van der Waals surface area contributed by atoms with E-state index in [0.29, 0.717) is 29.5 Å². The lowest BCUT2D eigenvalue weighted by atomic mass is 9.89. The van der Waals surface area contributed by atoms with Gasteiger partial charge in [-0.05, 0) is 58.4 Å². The smallest absolute Gasteiger partial charge is 0.409 e. The minimum Gasteiger partial charge on any atom is -0.507 e. The zero-order chi connectivity index (χ0) is 28.1. The maximum Gasteiger partial charge on any atom is 0.409 e. The Morgan fingerprint density at radius 1 is 0.811 bits per heavy atom. The summed E-state index contributed by atoms with van der Waals surface area (Å²) in [5, 5.41) is 22.8. The Hall–Kier alpha value is -3.16. The molecule has 0 aliphatic carbocycles. The first kappa shape index (κ1) is 31.9. The lowest BCUT2D eigenvalue weighted by Crippen LogP contribution is -2.28. The molecule has 0 radical (unpaired) electrons. The van der Waals surface area contributed by atoms with Crippen molar-refractivity contribution in [3.63, 3.8) is 0 Å². The summed E-state index contributed by atoms with van der Waals surface area (Å²) in [7, 11) is 5.81. The fourth-order valence-electron chi connectivity index (χ4n) is 4.21. The third-order valence-electron chi connectivity index (χ3n) is 6.41. The van der Waals surface area contributed by atoms with Gasteiger partial charge in [-0.1, -0.05) is 43.1 Å². The van der Waals surface area contributed by atoms with Crippen molar-refractivity contribution in [3.8, 4) is 11.5 Å². The Morgan fingerprint density at radius 3 is 1.76 bits per heavy atom. The summed E-state index contributed by atoms with van der Waals surface area (Å²) in [5.74, 6) is -0.0601. The molecule has 37 heavy (non-hydrogen) atoms. The highest BCUT2D eigenvalue weighted by atomic mass is 16.5. The number of phenols is 2. The molecule has 0 bridgehead atoms. The first-order chi connectivity index (χ1) is 17.5. The molecular weight excluding hydrogens is 472 g/mol. The third-order valence-corrected chi connectivity index (χ3v) is 6.41. The highest BCUT2D eigenvalue weighted by molar-refractivity contribution is 5.69. The van der Waals surface area contributed by atoms with Crippen LogP contribution in [0.3, 0.4) is 0 Å². The molecule has 0 aromatic heterocycles. The van der Waals surface area contributed by atoms with E-state index >= 15 is 0 Å². The van der Waals surface area contributed by atoms with Gasteiger partial charge in [0.15, 0.2) is 0 Å². The molecule has 1 aromatic rings. The second kappa shape index (κ2) is 15.8. The number of nitrogens with zero attached hydrogens (tertiary/aromatic N) is 2. The molecule has 0 saturated heterocycles. The molecule has 0 saturated carbocycles. The van der Waals surface area contributed by atoms with E-state index in [0.717, 1.165) is 43.2 Å². The number of phenolic OH excluding ortho intramolecular Hbond substituents is 2. The number of ether oxygens (including phenoxy) is 2. The average molecular weight is 519 g/mol. The Bertz CT molecular complexity index is 928. The number of hydrogen-bond donors (Lipinski definition) is 2. The molecule has 0 atom stereocenters.